The summed E-state index contributed by atoms with van der Waals surface area (Å²) in [6, 6.07) is 4.22. The molecule has 0 bridgehead atoms. The summed E-state index contributed by atoms with van der Waals surface area (Å²) in [6.07, 6.45) is 1.05. The van der Waals surface area contributed by atoms with Crippen molar-refractivity contribution in [1.29, 1.82) is 0 Å². The zero-order chi connectivity index (χ0) is 17.4. The summed E-state index contributed by atoms with van der Waals surface area (Å²) in [5, 5.41) is 17.2. The number of nitro groups is 1. The smallest absolute Gasteiger partial charge is 0.285 e. The van der Waals surface area contributed by atoms with Crippen LogP contribution in [-0.2, 0) is 0 Å². The van der Waals surface area contributed by atoms with E-state index in [0.29, 0.717) is 0 Å². The van der Waals surface area contributed by atoms with E-state index in [-0.39, 0.29) is 17.2 Å². The van der Waals surface area contributed by atoms with Crippen LogP contribution in [0.3, 0.4) is 0 Å². The number of benzene rings is 1. The molecule has 24 heavy (non-hydrogen) atoms. The molecular formula is C14H9F2N5O3. The molecule has 3 rings (SSSR count). The van der Waals surface area contributed by atoms with Crippen molar-refractivity contribution in [1.82, 2.24) is 14.6 Å². The Labute approximate surface area is 132 Å². The first-order valence-electron chi connectivity index (χ1n) is 6.63. The molecule has 2 aromatic heterocycles. The predicted octanol–water partition coefficient (Wildman–Crippen LogP) is 2.48. The van der Waals surface area contributed by atoms with Gasteiger partial charge in [0.25, 0.3) is 11.6 Å². The number of aromatic nitrogens is 3. The van der Waals surface area contributed by atoms with Crippen molar-refractivity contribution in [3.8, 4) is 0 Å². The number of nitrogens with zero attached hydrogens (tertiary/aromatic N) is 4. The first kappa shape index (κ1) is 15.5. The van der Waals surface area contributed by atoms with Crippen LogP contribution < -0.4 is 5.32 Å². The molecule has 0 saturated heterocycles. The number of halogens is 2. The summed E-state index contributed by atoms with van der Waals surface area (Å²) in [6.45, 7) is 1.32. The molecule has 0 aliphatic heterocycles. The molecule has 0 spiro atoms. The highest BCUT2D eigenvalue weighted by molar-refractivity contribution is 6.06. The molecule has 0 radical (unpaired) electrons. The van der Waals surface area contributed by atoms with Gasteiger partial charge in [-0.15, -0.1) is 5.10 Å². The van der Waals surface area contributed by atoms with Gasteiger partial charge in [0.1, 0.15) is 17.2 Å². The Kier molecular flexibility index (Phi) is 3.64. The number of hydrogen-bond donors (Lipinski definition) is 1. The van der Waals surface area contributed by atoms with Crippen LogP contribution >= 0.6 is 0 Å². The van der Waals surface area contributed by atoms with Gasteiger partial charge in [0.05, 0.1) is 11.1 Å². The average molecular weight is 333 g/mol. The van der Waals surface area contributed by atoms with Crippen LogP contribution in [0.5, 0.6) is 0 Å². The molecule has 0 unspecified atom stereocenters. The maximum absolute atomic E-state index is 13.5. The second-order valence-electron chi connectivity index (χ2n) is 4.92. The lowest BCUT2D eigenvalue weighted by Crippen LogP contribution is -2.16. The van der Waals surface area contributed by atoms with E-state index >= 15 is 0 Å². The van der Waals surface area contributed by atoms with Crippen LogP contribution in [0.1, 0.15) is 15.9 Å². The van der Waals surface area contributed by atoms with Gasteiger partial charge in [-0.3, -0.25) is 20.2 Å². The summed E-state index contributed by atoms with van der Waals surface area (Å²) in [5.74, 6) is -2.47. The predicted molar refractivity (Wildman–Crippen MR) is 78.7 cm³/mol. The minimum Gasteiger partial charge on any atom is -0.289 e. The molecule has 8 nitrogen and oxygen atoms in total. The first-order valence-corrected chi connectivity index (χ1v) is 6.63. The third-order valence-corrected chi connectivity index (χ3v) is 3.21. The third-order valence-electron chi connectivity index (χ3n) is 3.21. The second kappa shape index (κ2) is 5.65. The van der Waals surface area contributed by atoms with Gasteiger partial charge in [0.15, 0.2) is 5.65 Å². The van der Waals surface area contributed by atoms with Crippen molar-refractivity contribution in [3.05, 3.63) is 63.3 Å². The van der Waals surface area contributed by atoms with Crippen molar-refractivity contribution in [3.63, 3.8) is 0 Å². The minimum absolute atomic E-state index is 0.00943. The van der Waals surface area contributed by atoms with E-state index in [1.165, 1.54) is 13.0 Å². The number of nitro benzene ring substituents is 1. The summed E-state index contributed by atoms with van der Waals surface area (Å²) < 4.78 is 27.7. The number of fused-ring (bicyclic) bond motifs is 1. The zero-order valence-electron chi connectivity index (χ0n) is 12.2. The van der Waals surface area contributed by atoms with Gasteiger partial charge < -0.3 is 0 Å². The fraction of sp³-hybridized carbons (Fsp3) is 0.0714. The standard InChI is InChI=1S/C14H9F2N5O3/c1-7-4-9(16)5-10(12(7)21(23)24)13(22)18-14-17-11-3-2-8(15)6-20(11)19-14/h2-6H,1H3,(H,18,19,22). The van der Waals surface area contributed by atoms with Crippen molar-refractivity contribution in [2.75, 3.05) is 5.32 Å². The highest BCUT2D eigenvalue weighted by atomic mass is 19.1. The van der Waals surface area contributed by atoms with Crippen molar-refractivity contribution in [2.24, 2.45) is 0 Å². The van der Waals surface area contributed by atoms with Crippen LogP contribution in [0.4, 0.5) is 20.4 Å². The van der Waals surface area contributed by atoms with E-state index < -0.39 is 33.7 Å². The van der Waals surface area contributed by atoms with Gasteiger partial charge in [-0.25, -0.2) is 13.3 Å². The van der Waals surface area contributed by atoms with Crippen molar-refractivity contribution >= 4 is 23.2 Å². The summed E-state index contributed by atoms with van der Waals surface area (Å²) in [4.78, 5) is 26.5. The average Bonchev–Trinajstić information content (AvgIpc) is 2.87. The Bertz CT molecular complexity index is 986. The number of hydrogen-bond acceptors (Lipinski definition) is 5. The van der Waals surface area contributed by atoms with Crippen LogP contribution in [0.2, 0.25) is 0 Å². The number of amides is 1. The quantitative estimate of drug-likeness (QED) is 0.586. The number of carbonyl (C=O) groups excluding carboxylic acids is 1. The maximum Gasteiger partial charge on any atom is 0.285 e. The van der Waals surface area contributed by atoms with Crippen molar-refractivity contribution < 1.29 is 18.5 Å². The molecule has 2 heterocycles. The number of pyridine rings is 1. The number of anilines is 1. The molecule has 0 aliphatic rings. The Hall–Kier alpha value is -3.43. The molecule has 0 fully saturated rings. The van der Waals surface area contributed by atoms with Crippen LogP contribution in [0.15, 0.2) is 30.5 Å². The van der Waals surface area contributed by atoms with Crippen LogP contribution in [-0.4, -0.2) is 25.4 Å². The molecule has 1 amide bonds. The number of carbonyl (C=O) groups is 1. The Morgan fingerprint density at radius 2 is 2.04 bits per heavy atom. The van der Waals surface area contributed by atoms with E-state index in [2.05, 4.69) is 15.4 Å². The zero-order valence-corrected chi connectivity index (χ0v) is 12.2. The fourth-order valence-corrected chi connectivity index (χ4v) is 2.23. The molecule has 122 valence electrons. The highest BCUT2D eigenvalue weighted by Gasteiger charge is 2.25. The van der Waals surface area contributed by atoms with E-state index in [4.69, 9.17) is 0 Å². The molecule has 10 heteroatoms. The normalized spacial score (nSPS) is 10.8. The third kappa shape index (κ3) is 2.76. The molecule has 3 aromatic rings. The van der Waals surface area contributed by atoms with Crippen molar-refractivity contribution in [2.45, 2.75) is 6.92 Å². The lowest BCUT2D eigenvalue weighted by molar-refractivity contribution is -0.385. The number of aryl methyl sites for hydroxylation is 1. The van der Waals surface area contributed by atoms with Gasteiger partial charge in [0, 0.05) is 5.56 Å². The first-order chi connectivity index (χ1) is 11.3. The molecule has 0 saturated carbocycles. The molecule has 0 atom stereocenters. The Morgan fingerprint density at radius 1 is 1.29 bits per heavy atom. The summed E-state index contributed by atoms with van der Waals surface area (Å²) >= 11 is 0. The van der Waals surface area contributed by atoms with Crippen LogP contribution in [0, 0.1) is 28.7 Å². The largest absolute Gasteiger partial charge is 0.289 e. The topological polar surface area (TPSA) is 102 Å². The van der Waals surface area contributed by atoms with E-state index in [1.54, 1.807) is 0 Å². The Morgan fingerprint density at radius 3 is 2.75 bits per heavy atom. The van der Waals surface area contributed by atoms with Gasteiger partial charge in [-0.2, -0.15) is 4.98 Å². The molecule has 0 aliphatic carbocycles. The van der Waals surface area contributed by atoms with E-state index in [0.717, 1.165) is 28.9 Å². The van der Waals surface area contributed by atoms with Gasteiger partial charge in [-0.05, 0) is 31.2 Å². The molecule has 1 N–H and O–H groups in total. The SMILES string of the molecule is Cc1cc(F)cc(C(=O)Nc2nc3ccc(F)cn3n2)c1[N+](=O)[O-]. The van der Waals surface area contributed by atoms with Gasteiger partial charge in [0.2, 0.25) is 5.95 Å². The van der Waals surface area contributed by atoms with E-state index in [1.807, 2.05) is 0 Å². The van der Waals surface area contributed by atoms with E-state index in [9.17, 15) is 23.7 Å². The minimum atomic E-state index is -0.944. The monoisotopic (exact) mass is 333 g/mol. The number of rotatable bonds is 3. The summed E-state index contributed by atoms with van der Waals surface area (Å²) in [7, 11) is 0. The second-order valence-corrected chi connectivity index (χ2v) is 4.92. The molecular weight excluding hydrogens is 324 g/mol. The Balaban J connectivity index is 1.98. The lowest BCUT2D eigenvalue weighted by atomic mass is 10.1. The van der Waals surface area contributed by atoms with Gasteiger partial charge >= 0.3 is 0 Å². The maximum atomic E-state index is 13.5. The van der Waals surface area contributed by atoms with Crippen LogP contribution in [0.25, 0.3) is 5.65 Å². The number of nitrogens with one attached hydrogen (secondary N) is 1. The van der Waals surface area contributed by atoms with Gasteiger partial charge in [-0.1, -0.05) is 0 Å². The summed E-state index contributed by atoms with van der Waals surface area (Å²) in [5.41, 5.74) is -0.696. The highest BCUT2D eigenvalue weighted by Crippen LogP contribution is 2.25. The lowest BCUT2D eigenvalue weighted by Gasteiger charge is -2.05. The molecule has 1 aromatic carbocycles. The fourth-order valence-electron chi connectivity index (χ4n) is 2.23.